The van der Waals surface area contributed by atoms with Crippen LogP contribution in [0.25, 0.3) is 17.0 Å². The Morgan fingerprint density at radius 1 is 1.31 bits per heavy atom. The first-order chi connectivity index (χ1) is 12.6. The number of fused-ring (bicyclic) bond motifs is 1. The summed E-state index contributed by atoms with van der Waals surface area (Å²) in [5.41, 5.74) is 2.84. The number of phenolic OH excluding ortho intramolecular Hbond substituents is 1. The summed E-state index contributed by atoms with van der Waals surface area (Å²) in [4.78, 5) is 15.5. The van der Waals surface area contributed by atoms with Crippen LogP contribution in [-0.4, -0.2) is 22.5 Å². The van der Waals surface area contributed by atoms with Crippen LogP contribution in [-0.2, 0) is 11.2 Å². The maximum absolute atomic E-state index is 12.3. The third kappa shape index (κ3) is 3.95. The second-order valence-corrected chi connectivity index (χ2v) is 6.60. The minimum Gasteiger partial charge on any atom is -0.507 e. The highest BCUT2D eigenvalue weighted by molar-refractivity contribution is 9.10. The summed E-state index contributed by atoms with van der Waals surface area (Å²) in [5.74, 6) is -0.319. The Bertz CT molecular complexity index is 1030. The van der Waals surface area contributed by atoms with E-state index in [1.807, 2.05) is 36.5 Å². The lowest BCUT2D eigenvalue weighted by Gasteiger charge is -2.04. The van der Waals surface area contributed by atoms with Crippen LogP contribution in [0.4, 0.5) is 0 Å². The lowest BCUT2D eigenvalue weighted by molar-refractivity contribution is -0.117. The molecule has 3 N–H and O–H groups in total. The second kappa shape index (κ2) is 7.89. The number of halogens is 1. The first kappa shape index (κ1) is 17.8. The number of para-hydroxylation sites is 1. The molecule has 3 rings (SSSR count). The lowest BCUT2D eigenvalue weighted by atomic mass is 10.1. The second-order valence-electron chi connectivity index (χ2n) is 5.75. The largest absolute Gasteiger partial charge is 0.507 e. The molecular formula is C20H16BrN3O2. The molecule has 130 valence electrons. The SMILES string of the molecule is N#CC(=Cc1ccc(O)c(Br)c1)C(=O)NCCc1c[nH]c2ccccc12. The number of hydrogen-bond donors (Lipinski definition) is 3. The molecule has 1 amide bonds. The topological polar surface area (TPSA) is 88.9 Å². The number of aromatic hydroxyl groups is 1. The number of nitrogens with zero attached hydrogens (tertiary/aromatic N) is 1. The van der Waals surface area contributed by atoms with Crippen molar-refractivity contribution in [2.45, 2.75) is 6.42 Å². The van der Waals surface area contributed by atoms with Crippen LogP contribution in [0.2, 0.25) is 0 Å². The Balaban J connectivity index is 1.65. The zero-order valence-electron chi connectivity index (χ0n) is 13.8. The van der Waals surface area contributed by atoms with E-state index in [2.05, 4.69) is 26.2 Å². The van der Waals surface area contributed by atoms with Crippen molar-refractivity contribution in [2.24, 2.45) is 0 Å². The smallest absolute Gasteiger partial charge is 0.261 e. The number of aromatic amines is 1. The molecule has 5 nitrogen and oxygen atoms in total. The quantitative estimate of drug-likeness (QED) is 0.440. The van der Waals surface area contributed by atoms with E-state index < -0.39 is 5.91 Å². The Kier molecular flexibility index (Phi) is 5.40. The standard InChI is InChI=1S/C20H16BrN3O2/c21-17-10-13(5-6-19(17)25)9-15(11-22)20(26)23-8-7-14-12-24-18-4-2-1-3-16(14)18/h1-6,9-10,12,24-25H,7-8H2,(H,23,26). The van der Waals surface area contributed by atoms with E-state index in [1.165, 1.54) is 12.1 Å². The molecule has 0 bridgehead atoms. The molecular weight excluding hydrogens is 394 g/mol. The monoisotopic (exact) mass is 409 g/mol. The van der Waals surface area contributed by atoms with Crippen molar-refractivity contribution in [1.29, 1.82) is 5.26 Å². The van der Waals surface area contributed by atoms with Crippen molar-refractivity contribution in [2.75, 3.05) is 6.54 Å². The zero-order valence-corrected chi connectivity index (χ0v) is 15.4. The van der Waals surface area contributed by atoms with Crippen LogP contribution < -0.4 is 5.32 Å². The van der Waals surface area contributed by atoms with Gasteiger partial charge in [-0.25, -0.2) is 0 Å². The van der Waals surface area contributed by atoms with E-state index in [0.717, 1.165) is 16.5 Å². The van der Waals surface area contributed by atoms with Gasteiger partial charge >= 0.3 is 0 Å². The number of H-pyrrole nitrogens is 1. The molecule has 0 saturated heterocycles. The molecule has 2 aromatic carbocycles. The van der Waals surface area contributed by atoms with Gasteiger partial charge < -0.3 is 15.4 Å². The van der Waals surface area contributed by atoms with Gasteiger partial charge in [-0.3, -0.25) is 4.79 Å². The predicted octanol–water partition coefficient (Wildman–Crippen LogP) is 3.90. The number of carbonyl (C=O) groups is 1. The summed E-state index contributed by atoms with van der Waals surface area (Å²) < 4.78 is 0.503. The van der Waals surface area contributed by atoms with Crippen molar-refractivity contribution in [3.8, 4) is 11.8 Å². The van der Waals surface area contributed by atoms with Crippen LogP contribution in [0.3, 0.4) is 0 Å². The van der Waals surface area contributed by atoms with Gasteiger partial charge in [-0.05, 0) is 57.8 Å². The summed E-state index contributed by atoms with van der Waals surface area (Å²) in [6.07, 6.45) is 4.09. The maximum Gasteiger partial charge on any atom is 0.261 e. The minimum absolute atomic E-state index is 0.0153. The average Bonchev–Trinajstić information content (AvgIpc) is 3.06. The van der Waals surface area contributed by atoms with Gasteiger partial charge in [0.2, 0.25) is 0 Å². The number of rotatable bonds is 5. The fourth-order valence-corrected chi connectivity index (χ4v) is 3.07. The van der Waals surface area contributed by atoms with Crippen LogP contribution in [0.1, 0.15) is 11.1 Å². The highest BCUT2D eigenvalue weighted by Gasteiger charge is 2.10. The molecule has 0 aliphatic carbocycles. The number of carbonyl (C=O) groups excluding carboxylic acids is 1. The number of phenols is 1. The number of hydrogen-bond acceptors (Lipinski definition) is 3. The molecule has 0 radical (unpaired) electrons. The highest BCUT2D eigenvalue weighted by atomic mass is 79.9. The third-order valence-electron chi connectivity index (χ3n) is 4.00. The van der Waals surface area contributed by atoms with Gasteiger partial charge in [0.05, 0.1) is 4.47 Å². The molecule has 6 heteroatoms. The first-order valence-corrected chi connectivity index (χ1v) is 8.81. The summed E-state index contributed by atoms with van der Waals surface area (Å²) >= 11 is 3.21. The van der Waals surface area contributed by atoms with Crippen LogP contribution in [0.15, 0.2) is 58.7 Å². The fourth-order valence-electron chi connectivity index (χ4n) is 2.67. The molecule has 0 spiro atoms. The Morgan fingerprint density at radius 3 is 2.88 bits per heavy atom. The van der Waals surface area contributed by atoms with E-state index >= 15 is 0 Å². The van der Waals surface area contributed by atoms with Crippen LogP contribution in [0, 0.1) is 11.3 Å². The lowest BCUT2D eigenvalue weighted by Crippen LogP contribution is -2.26. The Morgan fingerprint density at radius 2 is 2.12 bits per heavy atom. The predicted molar refractivity (Wildman–Crippen MR) is 104 cm³/mol. The van der Waals surface area contributed by atoms with Crippen molar-refractivity contribution in [3.05, 3.63) is 69.8 Å². The van der Waals surface area contributed by atoms with Gasteiger partial charge in [0.15, 0.2) is 0 Å². The molecule has 0 aliphatic heterocycles. The van der Waals surface area contributed by atoms with Gasteiger partial charge in [0.25, 0.3) is 5.91 Å². The van der Waals surface area contributed by atoms with Crippen molar-refractivity contribution < 1.29 is 9.90 Å². The fraction of sp³-hybridized carbons (Fsp3) is 0.100. The molecule has 0 saturated carbocycles. The molecule has 1 heterocycles. The van der Waals surface area contributed by atoms with E-state index in [1.54, 1.807) is 12.1 Å². The minimum atomic E-state index is -0.420. The van der Waals surface area contributed by atoms with E-state index in [4.69, 9.17) is 0 Å². The highest BCUT2D eigenvalue weighted by Crippen LogP contribution is 2.25. The zero-order chi connectivity index (χ0) is 18.5. The molecule has 26 heavy (non-hydrogen) atoms. The summed E-state index contributed by atoms with van der Waals surface area (Å²) in [7, 11) is 0. The van der Waals surface area contributed by atoms with Crippen LogP contribution in [0.5, 0.6) is 5.75 Å². The van der Waals surface area contributed by atoms with E-state index in [9.17, 15) is 15.2 Å². The summed E-state index contributed by atoms with van der Waals surface area (Å²) in [6.45, 7) is 0.430. The van der Waals surface area contributed by atoms with Gasteiger partial charge in [0, 0.05) is 23.6 Å². The number of nitrogens with one attached hydrogen (secondary N) is 2. The van der Waals surface area contributed by atoms with E-state index in [0.29, 0.717) is 23.0 Å². The van der Waals surface area contributed by atoms with Crippen LogP contribution >= 0.6 is 15.9 Å². The molecule has 0 unspecified atom stereocenters. The van der Waals surface area contributed by atoms with Crippen molar-refractivity contribution >= 4 is 38.8 Å². The van der Waals surface area contributed by atoms with Gasteiger partial charge in [-0.15, -0.1) is 0 Å². The maximum atomic E-state index is 12.3. The van der Waals surface area contributed by atoms with Crippen molar-refractivity contribution in [1.82, 2.24) is 10.3 Å². The number of benzene rings is 2. The summed E-state index contributed by atoms with van der Waals surface area (Å²) in [5, 5.41) is 22.7. The molecule has 0 atom stereocenters. The first-order valence-electron chi connectivity index (χ1n) is 8.02. The van der Waals surface area contributed by atoms with Gasteiger partial charge in [0.1, 0.15) is 17.4 Å². The molecule has 0 aliphatic rings. The number of amides is 1. The molecule has 0 fully saturated rings. The van der Waals surface area contributed by atoms with E-state index in [-0.39, 0.29) is 11.3 Å². The molecule has 1 aromatic heterocycles. The Labute approximate surface area is 159 Å². The van der Waals surface area contributed by atoms with Gasteiger partial charge in [-0.1, -0.05) is 24.3 Å². The average molecular weight is 410 g/mol. The Hall–Kier alpha value is -3.04. The number of aromatic nitrogens is 1. The van der Waals surface area contributed by atoms with Gasteiger partial charge in [-0.2, -0.15) is 5.26 Å². The summed E-state index contributed by atoms with van der Waals surface area (Å²) in [6, 6.07) is 14.7. The molecule has 3 aromatic rings. The number of nitriles is 1. The normalized spacial score (nSPS) is 11.3. The van der Waals surface area contributed by atoms with Crippen molar-refractivity contribution in [3.63, 3.8) is 0 Å². The third-order valence-corrected chi connectivity index (χ3v) is 4.64.